The van der Waals surface area contributed by atoms with Crippen LogP contribution in [-0.2, 0) is 0 Å². The van der Waals surface area contributed by atoms with E-state index in [1.54, 1.807) is 7.05 Å². The lowest BCUT2D eigenvalue weighted by molar-refractivity contribution is 0.100. The van der Waals surface area contributed by atoms with Crippen molar-refractivity contribution < 1.29 is 13.6 Å². The highest BCUT2D eigenvalue weighted by Crippen LogP contribution is 2.13. The minimum absolute atomic E-state index is 0.110. The predicted molar refractivity (Wildman–Crippen MR) is 75.5 cm³/mol. The van der Waals surface area contributed by atoms with Gasteiger partial charge in [-0.3, -0.25) is 4.79 Å². The van der Waals surface area contributed by atoms with Crippen molar-refractivity contribution >= 4 is 17.5 Å². The van der Waals surface area contributed by atoms with Crippen LogP contribution in [0.3, 0.4) is 0 Å². The summed E-state index contributed by atoms with van der Waals surface area (Å²) in [7, 11) is 1.59. The van der Waals surface area contributed by atoms with E-state index >= 15 is 0 Å². The average Bonchev–Trinajstić information content (AvgIpc) is 2.52. The number of hydrogen-bond donors (Lipinski definition) is 2. The summed E-state index contributed by atoms with van der Waals surface area (Å²) < 4.78 is 26.3. The Bertz CT molecular complexity index is 757. The SMILES string of the molecule is CNc1nc(NCC(=O)c2ccc(F)cc2F)ncc1C#N. The van der Waals surface area contributed by atoms with E-state index in [9.17, 15) is 13.6 Å². The molecule has 2 N–H and O–H groups in total. The minimum atomic E-state index is -0.927. The maximum Gasteiger partial charge on any atom is 0.225 e. The van der Waals surface area contributed by atoms with Crippen LogP contribution >= 0.6 is 0 Å². The maximum absolute atomic E-state index is 13.5. The third-order valence-electron chi connectivity index (χ3n) is 2.78. The molecule has 0 radical (unpaired) electrons. The molecule has 8 heteroatoms. The molecule has 6 nitrogen and oxygen atoms in total. The van der Waals surface area contributed by atoms with E-state index in [0.717, 1.165) is 12.1 Å². The van der Waals surface area contributed by atoms with Crippen LogP contribution in [-0.4, -0.2) is 29.3 Å². The Labute approximate surface area is 124 Å². The van der Waals surface area contributed by atoms with Crippen LogP contribution in [0.2, 0.25) is 0 Å². The Kier molecular flexibility index (Phi) is 4.58. The summed E-state index contributed by atoms with van der Waals surface area (Å²) in [6, 6.07) is 4.64. The number of halogens is 2. The van der Waals surface area contributed by atoms with Gasteiger partial charge in [-0.1, -0.05) is 0 Å². The molecule has 0 fully saturated rings. The van der Waals surface area contributed by atoms with E-state index < -0.39 is 17.4 Å². The molecular weight excluding hydrogens is 292 g/mol. The van der Waals surface area contributed by atoms with Crippen molar-refractivity contribution in [1.29, 1.82) is 5.26 Å². The second kappa shape index (κ2) is 6.58. The molecule has 112 valence electrons. The number of hydrogen-bond acceptors (Lipinski definition) is 6. The van der Waals surface area contributed by atoms with Crippen LogP contribution < -0.4 is 10.6 Å². The molecule has 0 atom stereocenters. The molecule has 1 aromatic carbocycles. The zero-order chi connectivity index (χ0) is 16.1. The lowest BCUT2D eigenvalue weighted by Gasteiger charge is -2.07. The highest BCUT2D eigenvalue weighted by Gasteiger charge is 2.13. The minimum Gasteiger partial charge on any atom is -0.372 e. The average molecular weight is 303 g/mol. The van der Waals surface area contributed by atoms with Gasteiger partial charge in [-0.25, -0.2) is 13.8 Å². The van der Waals surface area contributed by atoms with E-state index in [1.165, 1.54) is 6.20 Å². The molecule has 0 aliphatic heterocycles. The number of aromatic nitrogens is 2. The molecule has 0 aliphatic carbocycles. The summed E-state index contributed by atoms with van der Waals surface area (Å²) >= 11 is 0. The number of ketones is 1. The smallest absolute Gasteiger partial charge is 0.225 e. The molecule has 1 aromatic heterocycles. The summed E-state index contributed by atoms with van der Waals surface area (Å²) in [6.07, 6.45) is 1.30. The number of nitrogens with one attached hydrogen (secondary N) is 2. The van der Waals surface area contributed by atoms with Crippen LogP contribution in [0.15, 0.2) is 24.4 Å². The van der Waals surface area contributed by atoms with Crippen molar-refractivity contribution in [2.24, 2.45) is 0 Å². The number of benzene rings is 1. The van der Waals surface area contributed by atoms with Gasteiger partial charge in [0, 0.05) is 13.1 Å². The zero-order valence-electron chi connectivity index (χ0n) is 11.5. The van der Waals surface area contributed by atoms with Gasteiger partial charge in [0.05, 0.1) is 18.3 Å². The Balaban J connectivity index is 2.10. The van der Waals surface area contributed by atoms with Crippen LogP contribution in [0.5, 0.6) is 0 Å². The summed E-state index contributed by atoms with van der Waals surface area (Å²) in [5, 5.41) is 14.2. The first-order valence-corrected chi connectivity index (χ1v) is 6.22. The van der Waals surface area contributed by atoms with Gasteiger partial charge in [-0.15, -0.1) is 0 Å². The number of carbonyl (C=O) groups is 1. The monoisotopic (exact) mass is 303 g/mol. The van der Waals surface area contributed by atoms with Crippen LogP contribution in [0.1, 0.15) is 15.9 Å². The van der Waals surface area contributed by atoms with Gasteiger partial charge in [0.2, 0.25) is 5.95 Å². The van der Waals surface area contributed by atoms with Crippen LogP contribution in [0.25, 0.3) is 0 Å². The molecule has 0 bridgehead atoms. The summed E-state index contributed by atoms with van der Waals surface area (Å²) in [5.41, 5.74) is 0.0281. The molecule has 0 aliphatic rings. The van der Waals surface area contributed by atoms with Gasteiger partial charge >= 0.3 is 0 Å². The number of Topliss-reactive ketones (excluding diaryl/α,β-unsaturated/α-hetero) is 1. The van der Waals surface area contributed by atoms with Gasteiger partial charge in [-0.2, -0.15) is 10.2 Å². The van der Waals surface area contributed by atoms with E-state index in [1.807, 2.05) is 6.07 Å². The van der Waals surface area contributed by atoms with Crippen molar-refractivity contribution in [3.8, 4) is 6.07 Å². The fourth-order valence-corrected chi connectivity index (χ4v) is 1.71. The first-order chi connectivity index (χ1) is 10.5. The number of anilines is 2. The number of nitriles is 1. The second-order valence-corrected chi connectivity index (χ2v) is 4.22. The normalized spacial score (nSPS) is 9.91. The highest BCUT2D eigenvalue weighted by molar-refractivity contribution is 5.99. The summed E-state index contributed by atoms with van der Waals surface area (Å²) in [5.74, 6) is -1.84. The first-order valence-electron chi connectivity index (χ1n) is 6.22. The molecule has 0 saturated carbocycles. The third kappa shape index (κ3) is 3.32. The predicted octanol–water partition coefficient (Wildman–Crippen LogP) is 1.96. The van der Waals surface area contributed by atoms with Crippen molar-refractivity contribution in [2.45, 2.75) is 0 Å². The molecule has 2 aromatic rings. The summed E-state index contributed by atoms with van der Waals surface area (Å²) in [4.78, 5) is 19.8. The largest absolute Gasteiger partial charge is 0.372 e. The number of nitrogens with zero attached hydrogens (tertiary/aromatic N) is 3. The van der Waals surface area contributed by atoms with Gasteiger partial charge in [0.1, 0.15) is 29.1 Å². The van der Waals surface area contributed by atoms with E-state index in [-0.39, 0.29) is 23.6 Å². The van der Waals surface area contributed by atoms with Gasteiger partial charge in [-0.05, 0) is 12.1 Å². The molecule has 0 spiro atoms. The van der Waals surface area contributed by atoms with Crippen molar-refractivity contribution in [3.05, 3.63) is 47.2 Å². The van der Waals surface area contributed by atoms with Gasteiger partial charge in [0.25, 0.3) is 0 Å². The topological polar surface area (TPSA) is 90.7 Å². The number of carbonyl (C=O) groups excluding carboxylic acids is 1. The Morgan fingerprint density at radius 1 is 1.41 bits per heavy atom. The van der Waals surface area contributed by atoms with Gasteiger partial charge < -0.3 is 10.6 Å². The lowest BCUT2D eigenvalue weighted by atomic mass is 10.1. The molecule has 1 heterocycles. The Morgan fingerprint density at radius 2 is 2.18 bits per heavy atom. The molecule has 2 rings (SSSR count). The van der Waals surface area contributed by atoms with Crippen molar-refractivity contribution in [1.82, 2.24) is 9.97 Å². The molecular formula is C14H11F2N5O. The lowest BCUT2D eigenvalue weighted by Crippen LogP contribution is -2.17. The fourth-order valence-electron chi connectivity index (χ4n) is 1.71. The maximum atomic E-state index is 13.5. The molecule has 0 unspecified atom stereocenters. The number of rotatable bonds is 5. The van der Waals surface area contributed by atoms with Crippen LogP contribution in [0.4, 0.5) is 20.5 Å². The Morgan fingerprint density at radius 3 is 2.82 bits per heavy atom. The van der Waals surface area contributed by atoms with Crippen LogP contribution in [0, 0.1) is 23.0 Å². The highest BCUT2D eigenvalue weighted by atomic mass is 19.1. The fraction of sp³-hybridized carbons (Fsp3) is 0.143. The molecule has 0 saturated heterocycles. The first kappa shape index (κ1) is 15.3. The zero-order valence-corrected chi connectivity index (χ0v) is 11.5. The second-order valence-electron chi connectivity index (χ2n) is 4.22. The molecule has 22 heavy (non-hydrogen) atoms. The van der Waals surface area contributed by atoms with Crippen molar-refractivity contribution in [3.63, 3.8) is 0 Å². The quantitative estimate of drug-likeness (QED) is 0.821. The van der Waals surface area contributed by atoms with Crippen molar-refractivity contribution in [2.75, 3.05) is 24.2 Å². The van der Waals surface area contributed by atoms with E-state index in [2.05, 4.69) is 20.6 Å². The van der Waals surface area contributed by atoms with E-state index in [0.29, 0.717) is 11.9 Å². The third-order valence-corrected chi connectivity index (χ3v) is 2.78. The standard InChI is InChI=1S/C14H11F2N5O/c1-18-13-8(5-17)6-19-14(21-13)20-7-12(22)10-3-2-9(15)4-11(10)16/h2-4,6H,7H2,1H3,(H2,18,19,20,21). The summed E-state index contributed by atoms with van der Waals surface area (Å²) in [6.45, 7) is -0.266. The Hall–Kier alpha value is -3.08. The molecule has 0 amide bonds. The van der Waals surface area contributed by atoms with E-state index in [4.69, 9.17) is 5.26 Å². The van der Waals surface area contributed by atoms with Gasteiger partial charge in [0.15, 0.2) is 5.78 Å².